The highest BCUT2D eigenvalue weighted by molar-refractivity contribution is 5.79. The summed E-state index contributed by atoms with van der Waals surface area (Å²) >= 11 is 0. The van der Waals surface area contributed by atoms with E-state index in [9.17, 15) is 14.4 Å². The summed E-state index contributed by atoms with van der Waals surface area (Å²) in [6.07, 6.45) is 5.66. The number of pyridine rings is 1. The van der Waals surface area contributed by atoms with Crippen molar-refractivity contribution in [2.75, 3.05) is 19.7 Å². The predicted molar refractivity (Wildman–Crippen MR) is 150 cm³/mol. The molecule has 0 bridgehead atoms. The summed E-state index contributed by atoms with van der Waals surface area (Å²) in [7, 11) is 0. The van der Waals surface area contributed by atoms with E-state index in [0.29, 0.717) is 56.3 Å². The highest BCUT2D eigenvalue weighted by Crippen LogP contribution is 2.27. The van der Waals surface area contributed by atoms with Gasteiger partial charge in [-0.3, -0.25) is 19.4 Å². The zero-order valence-corrected chi connectivity index (χ0v) is 22.2. The van der Waals surface area contributed by atoms with Crippen LogP contribution in [0.3, 0.4) is 0 Å². The molecular formula is C31H36N4O4. The van der Waals surface area contributed by atoms with Crippen molar-refractivity contribution < 1.29 is 19.1 Å². The number of carbonyl (C=O) groups is 3. The van der Waals surface area contributed by atoms with Crippen LogP contribution in [0.15, 0.2) is 72.9 Å². The van der Waals surface area contributed by atoms with Crippen molar-refractivity contribution >= 4 is 17.7 Å². The molecule has 0 radical (unpaired) electrons. The van der Waals surface area contributed by atoms with Gasteiger partial charge >= 0.3 is 0 Å². The van der Waals surface area contributed by atoms with Crippen LogP contribution in [0.25, 0.3) is 11.1 Å². The van der Waals surface area contributed by atoms with Crippen LogP contribution >= 0.6 is 0 Å². The average Bonchev–Trinajstić information content (AvgIpc) is 3.79. The first-order valence-electron chi connectivity index (χ1n) is 13.6. The number of nitrogens with zero attached hydrogens (tertiary/aromatic N) is 1. The molecule has 1 heterocycles. The summed E-state index contributed by atoms with van der Waals surface area (Å²) in [6.45, 7) is 2.02. The molecule has 3 aromatic rings. The number of benzene rings is 2. The van der Waals surface area contributed by atoms with Crippen molar-refractivity contribution in [1.82, 2.24) is 20.9 Å². The van der Waals surface area contributed by atoms with Gasteiger partial charge in [0.05, 0.1) is 13.0 Å². The first-order chi connectivity index (χ1) is 19.0. The van der Waals surface area contributed by atoms with E-state index in [0.717, 1.165) is 23.2 Å². The number of aromatic nitrogens is 1. The third-order valence-corrected chi connectivity index (χ3v) is 6.47. The maximum Gasteiger partial charge on any atom is 0.226 e. The van der Waals surface area contributed by atoms with E-state index >= 15 is 0 Å². The van der Waals surface area contributed by atoms with Crippen molar-refractivity contribution in [3.8, 4) is 16.9 Å². The van der Waals surface area contributed by atoms with Crippen molar-refractivity contribution in [3.05, 3.63) is 84.2 Å². The van der Waals surface area contributed by atoms with Crippen LogP contribution in [-0.2, 0) is 27.3 Å². The van der Waals surface area contributed by atoms with Gasteiger partial charge in [0.1, 0.15) is 12.4 Å². The fourth-order valence-corrected chi connectivity index (χ4v) is 3.99. The van der Waals surface area contributed by atoms with Crippen LogP contribution in [-0.4, -0.2) is 42.4 Å². The zero-order valence-electron chi connectivity index (χ0n) is 22.2. The molecule has 1 fully saturated rings. The van der Waals surface area contributed by atoms with Gasteiger partial charge in [-0.15, -0.1) is 0 Å². The van der Waals surface area contributed by atoms with Gasteiger partial charge in [-0.2, -0.15) is 0 Å². The number of hydrogen-bond donors (Lipinski definition) is 3. The topological polar surface area (TPSA) is 109 Å². The fourth-order valence-electron chi connectivity index (χ4n) is 3.99. The van der Waals surface area contributed by atoms with Gasteiger partial charge in [0.15, 0.2) is 0 Å². The number of carbonyl (C=O) groups excluding carboxylic acids is 3. The molecule has 1 aliphatic rings. The lowest BCUT2D eigenvalue weighted by atomic mass is 10.1. The summed E-state index contributed by atoms with van der Waals surface area (Å²) in [6, 6.07) is 21.3. The van der Waals surface area contributed by atoms with Crippen LogP contribution in [0, 0.1) is 5.92 Å². The number of rotatable bonds is 15. The first kappa shape index (κ1) is 27.8. The number of nitrogens with one attached hydrogen (secondary N) is 3. The second-order valence-electron chi connectivity index (χ2n) is 9.80. The van der Waals surface area contributed by atoms with Gasteiger partial charge in [0.2, 0.25) is 17.7 Å². The second-order valence-corrected chi connectivity index (χ2v) is 9.80. The summed E-state index contributed by atoms with van der Waals surface area (Å²) < 4.78 is 5.73. The smallest absolute Gasteiger partial charge is 0.226 e. The van der Waals surface area contributed by atoms with E-state index in [1.807, 2.05) is 66.7 Å². The normalized spacial score (nSPS) is 12.4. The van der Waals surface area contributed by atoms with Crippen molar-refractivity contribution in [1.29, 1.82) is 0 Å². The van der Waals surface area contributed by atoms with Crippen molar-refractivity contribution in [2.24, 2.45) is 5.92 Å². The van der Waals surface area contributed by atoms with E-state index in [2.05, 4.69) is 20.9 Å². The van der Waals surface area contributed by atoms with Crippen molar-refractivity contribution in [2.45, 2.75) is 45.1 Å². The summed E-state index contributed by atoms with van der Waals surface area (Å²) in [5, 5.41) is 8.66. The molecular weight excluding hydrogens is 492 g/mol. The lowest BCUT2D eigenvalue weighted by molar-refractivity contribution is -0.123. The molecule has 204 valence electrons. The van der Waals surface area contributed by atoms with Crippen molar-refractivity contribution in [3.63, 3.8) is 0 Å². The Hall–Kier alpha value is -4.20. The monoisotopic (exact) mass is 528 g/mol. The Bertz CT molecular complexity index is 1210. The molecule has 4 rings (SSSR count). The van der Waals surface area contributed by atoms with Crippen LogP contribution in [0.2, 0.25) is 0 Å². The van der Waals surface area contributed by atoms with Crippen LogP contribution in [0.4, 0.5) is 0 Å². The van der Waals surface area contributed by atoms with Gasteiger partial charge in [-0.05, 0) is 54.5 Å². The van der Waals surface area contributed by atoms with Crippen LogP contribution in [0.1, 0.15) is 43.4 Å². The van der Waals surface area contributed by atoms with Gasteiger partial charge in [0, 0.05) is 43.4 Å². The summed E-state index contributed by atoms with van der Waals surface area (Å²) in [5.41, 5.74) is 3.71. The maximum atomic E-state index is 12.2. The number of hydrogen-bond acceptors (Lipinski definition) is 5. The minimum Gasteiger partial charge on any atom is -0.492 e. The molecule has 0 spiro atoms. The molecule has 1 aromatic heterocycles. The molecule has 8 nitrogen and oxygen atoms in total. The van der Waals surface area contributed by atoms with E-state index in [1.54, 1.807) is 6.20 Å². The Labute approximate surface area is 229 Å². The van der Waals surface area contributed by atoms with E-state index in [1.165, 1.54) is 12.8 Å². The molecule has 0 unspecified atom stereocenters. The Morgan fingerprint density at radius 2 is 1.51 bits per heavy atom. The highest BCUT2D eigenvalue weighted by atomic mass is 16.5. The van der Waals surface area contributed by atoms with Gasteiger partial charge < -0.3 is 20.7 Å². The Morgan fingerprint density at radius 1 is 0.795 bits per heavy atom. The Kier molecular flexibility index (Phi) is 10.5. The first-order valence-corrected chi connectivity index (χ1v) is 13.6. The molecule has 2 aromatic carbocycles. The van der Waals surface area contributed by atoms with Crippen LogP contribution < -0.4 is 20.7 Å². The zero-order chi connectivity index (χ0) is 27.3. The number of amides is 3. The van der Waals surface area contributed by atoms with Crippen LogP contribution in [0.5, 0.6) is 5.75 Å². The van der Waals surface area contributed by atoms with Gasteiger partial charge in [-0.1, -0.05) is 48.5 Å². The van der Waals surface area contributed by atoms with E-state index in [4.69, 9.17) is 4.74 Å². The predicted octanol–water partition coefficient (Wildman–Crippen LogP) is 3.80. The van der Waals surface area contributed by atoms with Gasteiger partial charge in [-0.25, -0.2) is 0 Å². The average molecular weight is 529 g/mol. The molecule has 0 saturated heterocycles. The minimum absolute atomic E-state index is 0.0233. The lowest BCUT2D eigenvalue weighted by Gasteiger charge is -2.09. The molecule has 0 atom stereocenters. The Balaban J connectivity index is 1.10. The lowest BCUT2D eigenvalue weighted by Crippen LogP contribution is -2.29. The summed E-state index contributed by atoms with van der Waals surface area (Å²) in [5.74, 6) is 1.25. The van der Waals surface area contributed by atoms with E-state index < -0.39 is 0 Å². The van der Waals surface area contributed by atoms with E-state index in [-0.39, 0.29) is 24.1 Å². The molecule has 1 saturated carbocycles. The molecule has 3 amide bonds. The largest absolute Gasteiger partial charge is 0.492 e. The molecule has 0 aliphatic heterocycles. The maximum absolute atomic E-state index is 12.2. The molecule has 3 N–H and O–H groups in total. The fraction of sp³-hybridized carbons (Fsp3) is 0.355. The standard InChI is InChI=1S/C31H36N4O4/c36-29(7-4-8-30(37)34-21-24-9-10-24)32-17-18-39-28-15-12-25(13-16-28)26-11-14-27(33-22-26)19-31(38)35-20-23-5-2-1-3-6-23/h1-3,5-6,11-16,22,24H,4,7-10,17-21H2,(H,32,36)(H,34,37)(H,35,38). The second kappa shape index (κ2) is 14.7. The molecule has 8 heteroatoms. The third kappa shape index (κ3) is 10.2. The SMILES string of the molecule is O=C(CCCC(=O)NCC1CC1)NCCOc1ccc(-c2ccc(CC(=O)NCc3ccccc3)nc2)cc1. The summed E-state index contributed by atoms with van der Waals surface area (Å²) in [4.78, 5) is 40.4. The minimum atomic E-state index is -0.0754. The Morgan fingerprint density at radius 3 is 2.21 bits per heavy atom. The number of ether oxygens (including phenoxy) is 1. The molecule has 1 aliphatic carbocycles. The third-order valence-electron chi connectivity index (χ3n) is 6.47. The molecule has 39 heavy (non-hydrogen) atoms. The van der Waals surface area contributed by atoms with Gasteiger partial charge in [0.25, 0.3) is 0 Å². The quantitative estimate of drug-likeness (QED) is 0.260. The highest BCUT2D eigenvalue weighted by Gasteiger charge is 2.21.